The molecule has 0 radical (unpaired) electrons. The minimum absolute atomic E-state index is 0.0240. The molecule has 0 aliphatic heterocycles. The minimum atomic E-state index is -0.303. The van der Waals surface area contributed by atoms with Gasteiger partial charge in [-0.15, -0.1) is 0 Å². The molecule has 5 heteroatoms. The summed E-state index contributed by atoms with van der Waals surface area (Å²) in [5, 5.41) is -0.0240. The van der Waals surface area contributed by atoms with Crippen molar-refractivity contribution in [1.82, 2.24) is 9.55 Å². The van der Waals surface area contributed by atoms with Gasteiger partial charge in [0, 0.05) is 18.0 Å². The average molecular weight is 265 g/mol. The Morgan fingerprint density at radius 1 is 1.44 bits per heavy atom. The van der Waals surface area contributed by atoms with E-state index in [1.54, 1.807) is 13.3 Å². The van der Waals surface area contributed by atoms with Gasteiger partial charge in [0.05, 0.1) is 13.7 Å². The highest BCUT2D eigenvalue weighted by Crippen LogP contribution is 2.20. The van der Waals surface area contributed by atoms with Crippen molar-refractivity contribution in [3.63, 3.8) is 0 Å². The van der Waals surface area contributed by atoms with Crippen LogP contribution in [0.1, 0.15) is 11.1 Å². The van der Waals surface area contributed by atoms with Crippen molar-refractivity contribution in [1.29, 1.82) is 0 Å². The van der Waals surface area contributed by atoms with Crippen molar-refractivity contribution in [2.24, 2.45) is 0 Å². The van der Waals surface area contributed by atoms with Gasteiger partial charge in [0.2, 0.25) is 0 Å². The minimum Gasteiger partial charge on any atom is -0.496 e. The van der Waals surface area contributed by atoms with Crippen LogP contribution in [0.3, 0.4) is 0 Å². The fourth-order valence-corrected chi connectivity index (χ4v) is 1.92. The zero-order valence-corrected chi connectivity index (χ0v) is 10.9. The first-order valence-electron chi connectivity index (χ1n) is 5.46. The molecule has 0 unspecified atom stereocenters. The second-order valence-corrected chi connectivity index (χ2v) is 4.32. The van der Waals surface area contributed by atoms with Crippen LogP contribution in [0.25, 0.3) is 0 Å². The summed E-state index contributed by atoms with van der Waals surface area (Å²) >= 11 is 5.71. The third-order valence-electron chi connectivity index (χ3n) is 2.65. The molecule has 4 nitrogen and oxygen atoms in total. The summed E-state index contributed by atoms with van der Waals surface area (Å²) in [6.07, 6.45) is 3.11. The molecule has 0 bridgehead atoms. The third kappa shape index (κ3) is 2.54. The molecule has 0 saturated carbocycles. The number of methoxy groups -OCH3 is 1. The maximum Gasteiger partial charge on any atom is 0.288 e. The van der Waals surface area contributed by atoms with Gasteiger partial charge in [-0.25, -0.2) is 4.98 Å². The molecule has 1 aromatic carbocycles. The molecular weight excluding hydrogens is 252 g/mol. The molecular formula is C13H13ClN2O2. The molecule has 1 aromatic heterocycles. The first-order chi connectivity index (χ1) is 8.61. The van der Waals surface area contributed by atoms with Gasteiger partial charge in [-0.1, -0.05) is 29.3 Å². The van der Waals surface area contributed by atoms with Gasteiger partial charge in [0.1, 0.15) is 5.75 Å². The Labute approximate surface area is 110 Å². The van der Waals surface area contributed by atoms with Crippen LogP contribution in [0.4, 0.5) is 0 Å². The summed E-state index contributed by atoms with van der Waals surface area (Å²) in [6.45, 7) is 2.40. The van der Waals surface area contributed by atoms with Crippen LogP contribution in [-0.4, -0.2) is 16.7 Å². The Hall–Kier alpha value is -1.81. The van der Waals surface area contributed by atoms with E-state index in [1.807, 2.05) is 25.1 Å². The Bertz CT molecular complexity index is 623. The van der Waals surface area contributed by atoms with E-state index in [0.717, 1.165) is 16.9 Å². The standard InChI is InChI=1S/C13H13ClN2O2/c1-9-3-4-11(18-2)10(7-9)8-16-6-5-15-12(14)13(16)17/h3-7H,8H2,1-2H3. The van der Waals surface area contributed by atoms with Crippen molar-refractivity contribution < 1.29 is 4.74 Å². The summed E-state index contributed by atoms with van der Waals surface area (Å²) in [5.74, 6) is 0.750. The fourth-order valence-electron chi connectivity index (χ4n) is 1.76. The number of aryl methyl sites for hydroxylation is 1. The molecule has 18 heavy (non-hydrogen) atoms. The predicted molar refractivity (Wildman–Crippen MR) is 70.3 cm³/mol. The van der Waals surface area contributed by atoms with Crippen LogP contribution in [0.5, 0.6) is 5.75 Å². The molecule has 0 atom stereocenters. The Morgan fingerprint density at radius 3 is 2.94 bits per heavy atom. The number of nitrogens with zero attached hydrogens (tertiary/aromatic N) is 2. The normalized spacial score (nSPS) is 10.4. The zero-order valence-electron chi connectivity index (χ0n) is 10.2. The molecule has 0 amide bonds. The lowest BCUT2D eigenvalue weighted by molar-refractivity contribution is 0.408. The van der Waals surface area contributed by atoms with Gasteiger partial charge in [0.25, 0.3) is 5.56 Å². The highest BCUT2D eigenvalue weighted by Gasteiger charge is 2.07. The summed E-state index contributed by atoms with van der Waals surface area (Å²) < 4.78 is 6.79. The van der Waals surface area contributed by atoms with Crippen molar-refractivity contribution in [3.8, 4) is 5.75 Å². The van der Waals surface area contributed by atoms with E-state index in [0.29, 0.717) is 6.54 Å². The van der Waals surface area contributed by atoms with E-state index >= 15 is 0 Å². The SMILES string of the molecule is COc1ccc(C)cc1Cn1ccnc(Cl)c1=O. The monoisotopic (exact) mass is 264 g/mol. The number of halogens is 1. The van der Waals surface area contributed by atoms with E-state index in [4.69, 9.17) is 16.3 Å². The van der Waals surface area contributed by atoms with Gasteiger partial charge in [0.15, 0.2) is 5.15 Å². The van der Waals surface area contributed by atoms with Gasteiger partial charge in [-0.05, 0) is 13.0 Å². The van der Waals surface area contributed by atoms with Crippen molar-refractivity contribution in [2.45, 2.75) is 13.5 Å². The number of rotatable bonds is 3. The number of ether oxygens (including phenoxy) is 1. The second-order valence-electron chi connectivity index (χ2n) is 3.97. The quantitative estimate of drug-likeness (QED) is 0.854. The largest absolute Gasteiger partial charge is 0.496 e. The molecule has 0 saturated heterocycles. The second kappa shape index (κ2) is 5.23. The van der Waals surface area contributed by atoms with Crippen molar-refractivity contribution >= 4 is 11.6 Å². The van der Waals surface area contributed by atoms with Gasteiger partial charge >= 0.3 is 0 Å². The molecule has 1 heterocycles. The van der Waals surface area contributed by atoms with Gasteiger partial charge in [-0.3, -0.25) is 4.79 Å². The third-order valence-corrected chi connectivity index (χ3v) is 2.91. The summed E-state index contributed by atoms with van der Waals surface area (Å²) in [5.41, 5.74) is 1.74. The molecule has 0 fully saturated rings. The predicted octanol–water partition coefficient (Wildman–Crippen LogP) is 2.26. The number of hydrogen-bond acceptors (Lipinski definition) is 3. The lowest BCUT2D eigenvalue weighted by Gasteiger charge is -2.11. The van der Waals surface area contributed by atoms with Gasteiger partial charge < -0.3 is 9.30 Å². The lowest BCUT2D eigenvalue weighted by atomic mass is 10.1. The Morgan fingerprint density at radius 2 is 2.22 bits per heavy atom. The number of aromatic nitrogens is 2. The molecule has 0 aliphatic carbocycles. The summed E-state index contributed by atoms with van der Waals surface area (Å²) in [6, 6.07) is 5.84. The number of hydrogen-bond donors (Lipinski definition) is 0. The van der Waals surface area contributed by atoms with Crippen LogP contribution in [0.2, 0.25) is 5.15 Å². The highest BCUT2D eigenvalue weighted by atomic mass is 35.5. The van der Waals surface area contributed by atoms with Crippen LogP contribution >= 0.6 is 11.6 Å². The molecule has 0 N–H and O–H groups in total. The van der Waals surface area contributed by atoms with Crippen molar-refractivity contribution in [2.75, 3.05) is 7.11 Å². The van der Waals surface area contributed by atoms with E-state index in [1.165, 1.54) is 10.8 Å². The average Bonchev–Trinajstić information content (AvgIpc) is 2.35. The van der Waals surface area contributed by atoms with E-state index < -0.39 is 0 Å². The van der Waals surface area contributed by atoms with E-state index in [-0.39, 0.29) is 10.7 Å². The van der Waals surface area contributed by atoms with Crippen LogP contribution in [0, 0.1) is 6.92 Å². The molecule has 2 rings (SSSR count). The van der Waals surface area contributed by atoms with Crippen LogP contribution < -0.4 is 10.3 Å². The summed E-state index contributed by atoms with van der Waals surface area (Å²) in [4.78, 5) is 15.5. The molecule has 0 spiro atoms. The fraction of sp³-hybridized carbons (Fsp3) is 0.231. The zero-order chi connectivity index (χ0) is 13.1. The van der Waals surface area contributed by atoms with Crippen molar-refractivity contribution in [3.05, 3.63) is 57.2 Å². The molecule has 2 aromatic rings. The van der Waals surface area contributed by atoms with E-state index in [9.17, 15) is 4.79 Å². The van der Waals surface area contributed by atoms with Gasteiger partial charge in [-0.2, -0.15) is 0 Å². The maximum atomic E-state index is 11.8. The number of benzene rings is 1. The smallest absolute Gasteiger partial charge is 0.288 e. The maximum absolute atomic E-state index is 11.8. The first kappa shape index (κ1) is 12.6. The van der Waals surface area contributed by atoms with E-state index in [2.05, 4.69) is 4.98 Å². The Kier molecular flexibility index (Phi) is 3.67. The molecule has 0 aliphatic rings. The topological polar surface area (TPSA) is 44.1 Å². The Balaban J connectivity index is 2.42. The first-order valence-corrected chi connectivity index (χ1v) is 5.84. The lowest BCUT2D eigenvalue weighted by Crippen LogP contribution is -2.21. The highest BCUT2D eigenvalue weighted by molar-refractivity contribution is 6.29. The summed E-state index contributed by atoms with van der Waals surface area (Å²) in [7, 11) is 1.61. The van der Waals surface area contributed by atoms with Crippen LogP contribution in [0.15, 0.2) is 35.4 Å². The molecule has 94 valence electrons. The van der Waals surface area contributed by atoms with Crippen LogP contribution in [-0.2, 0) is 6.54 Å².